The Morgan fingerprint density at radius 1 is 1.54 bits per heavy atom. The molecule has 3 N–H and O–H groups in total. The summed E-state index contributed by atoms with van der Waals surface area (Å²) in [4.78, 5) is 11.6. The van der Waals surface area contributed by atoms with Gasteiger partial charge in [0.05, 0.1) is 0 Å². The van der Waals surface area contributed by atoms with Crippen molar-refractivity contribution in [2.75, 3.05) is 25.7 Å². The SMILES string of the molecule is COC1(c2cccc(C(N)=O)c2)/C(=C/NCCSC)CCCC1C. The molecule has 0 aliphatic heterocycles. The van der Waals surface area contributed by atoms with Crippen molar-refractivity contribution in [3.05, 3.63) is 47.2 Å². The van der Waals surface area contributed by atoms with Crippen molar-refractivity contribution in [1.82, 2.24) is 5.32 Å². The minimum atomic E-state index is -0.504. The van der Waals surface area contributed by atoms with Gasteiger partial charge in [-0.15, -0.1) is 0 Å². The van der Waals surface area contributed by atoms with Crippen molar-refractivity contribution >= 4 is 17.7 Å². The Morgan fingerprint density at radius 2 is 2.33 bits per heavy atom. The zero-order chi connectivity index (χ0) is 17.6. The van der Waals surface area contributed by atoms with Gasteiger partial charge in [-0.3, -0.25) is 4.79 Å². The average molecular weight is 349 g/mol. The topological polar surface area (TPSA) is 64.3 Å². The Morgan fingerprint density at radius 3 is 3.00 bits per heavy atom. The van der Waals surface area contributed by atoms with Gasteiger partial charge in [-0.25, -0.2) is 0 Å². The highest BCUT2D eigenvalue weighted by Gasteiger charge is 2.44. The third kappa shape index (κ3) is 3.78. The predicted molar refractivity (Wildman–Crippen MR) is 101 cm³/mol. The molecule has 2 unspecified atom stereocenters. The number of hydrogen-bond acceptors (Lipinski definition) is 4. The van der Waals surface area contributed by atoms with Crippen LogP contribution in [0.4, 0.5) is 0 Å². The lowest BCUT2D eigenvalue weighted by molar-refractivity contribution is -0.0433. The summed E-state index contributed by atoms with van der Waals surface area (Å²) in [6.07, 6.45) is 7.46. The second-order valence-corrected chi connectivity index (χ2v) is 7.28. The molecule has 4 nitrogen and oxygen atoms in total. The summed E-state index contributed by atoms with van der Waals surface area (Å²) in [7, 11) is 1.76. The van der Waals surface area contributed by atoms with Gasteiger partial charge in [-0.05, 0) is 60.9 Å². The first-order valence-electron chi connectivity index (χ1n) is 8.43. The van der Waals surface area contributed by atoms with Gasteiger partial charge in [0.2, 0.25) is 5.91 Å². The minimum Gasteiger partial charge on any atom is -0.390 e. The van der Waals surface area contributed by atoms with Gasteiger partial charge >= 0.3 is 0 Å². The van der Waals surface area contributed by atoms with E-state index in [2.05, 4.69) is 24.7 Å². The van der Waals surface area contributed by atoms with E-state index in [1.807, 2.05) is 30.0 Å². The van der Waals surface area contributed by atoms with E-state index in [9.17, 15) is 4.79 Å². The third-order valence-corrected chi connectivity index (χ3v) is 5.49. The first kappa shape index (κ1) is 18.9. The Bertz CT molecular complexity index is 603. The molecule has 5 heteroatoms. The predicted octanol–water partition coefficient (Wildman–Crippen LogP) is 3.28. The molecule has 1 amide bonds. The minimum absolute atomic E-state index is 0.327. The second-order valence-electron chi connectivity index (χ2n) is 6.29. The van der Waals surface area contributed by atoms with Crippen LogP contribution in [0.25, 0.3) is 0 Å². The Labute approximate surface area is 149 Å². The molecule has 1 aromatic rings. The summed E-state index contributed by atoms with van der Waals surface area (Å²) >= 11 is 1.82. The summed E-state index contributed by atoms with van der Waals surface area (Å²) in [5.74, 6) is 0.986. The van der Waals surface area contributed by atoms with Crippen molar-refractivity contribution in [3.8, 4) is 0 Å². The number of ether oxygens (including phenoxy) is 1. The zero-order valence-electron chi connectivity index (χ0n) is 14.8. The lowest BCUT2D eigenvalue weighted by Crippen LogP contribution is -2.41. The normalized spacial score (nSPS) is 25.6. The lowest BCUT2D eigenvalue weighted by Gasteiger charge is -2.44. The summed E-state index contributed by atoms with van der Waals surface area (Å²) in [6.45, 7) is 3.15. The highest BCUT2D eigenvalue weighted by molar-refractivity contribution is 7.98. The molecule has 24 heavy (non-hydrogen) atoms. The van der Waals surface area contributed by atoms with Crippen molar-refractivity contribution in [3.63, 3.8) is 0 Å². The lowest BCUT2D eigenvalue weighted by atomic mass is 9.69. The maximum Gasteiger partial charge on any atom is 0.248 e. The van der Waals surface area contributed by atoms with Crippen LogP contribution < -0.4 is 11.1 Å². The molecule has 0 spiro atoms. The van der Waals surface area contributed by atoms with E-state index in [1.54, 1.807) is 13.2 Å². The Hall–Kier alpha value is -1.46. The Kier molecular flexibility index (Phi) is 6.75. The number of amides is 1. The molecule has 1 aromatic carbocycles. The number of hydrogen-bond donors (Lipinski definition) is 2. The zero-order valence-corrected chi connectivity index (χ0v) is 15.6. The molecule has 1 fully saturated rings. The van der Waals surface area contributed by atoms with Crippen molar-refractivity contribution < 1.29 is 9.53 Å². The van der Waals surface area contributed by atoms with Gasteiger partial charge in [0, 0.05) is 25.0 Å². The highest BCUT2D eigenvalue weighted by Crippen LogP contribution is 2.47. The van der Waals surface area contributed by atoms with Crippen LogP contribution in [0.3, 0.4) is 0 Å². The quantitative estimate of drug-likeness (QED) is 0.742. The number of carbonyl (C=O) groups is 1. The van der Waals surface area contributed by atoms with Gasteiger partial charge in [-0.2, -0.15) is 11.8 Å². The molecule has 1 saturated carbocycles. The van der Waals surface area contributed by atoms with Crippen LogP contribution in [0.1, 0.15) is 42.1 Å². The van der Waals surface area contributed by atoms with Crippen LogP contribution in [0.15, 0.2) is 36.0 Å². The molecular formula is C19H28N2O2S. The molecule has 0 heterocycles. The number of primary amides is 1. The number of nitrogens with one attached hydrogen (secondary N) is 1. The first-order chi connectivity index (χ1) is 11.6. The van der Waals surface area contributed by atoms with E-state index in [1.165, 1.54) is 5.57 Å². The van der Waals surface area contributed by atoms with Crippen LogP contribution >= 0.6 is 11.8 Å². The fourth-order valence-corrected chi connectivity index (χ4v) is 3.99. The van der Waals surface area contributed by atoms with E-state index in [0.29, 0.717) is 11.5 Å². The summed E-state index contributed by atoms with van der Waals surface area (Å²) < 4.78 is 6.12. The monoisotopic (exact) mass is 348 g/mol. The molecule has 0 saturated heterocycles. The number of methoxy groups -OCH3 is 1. The van der Waals surface area contributed by atoms with Crippen LogP contribution in [-0.2, 0) is 10.3 Å². The molecule has 0 bridgehead atoms. The van der Waals surface area contributed by atoms with Crippen molar-refractivity contribution in [2.24, 2.45) is 11.7 Å². The standard InChI is InChI=1S/C19H28N2O2S/c1-14-6-4-9-17(13-21-10-11-24-3)19(14,23-2)16-8-5-7-15(12-16)18(20)22/h5,7-8,12-14,21H,4,6,9-11H2,1-3H3,(H2,20,22)/b17-13+. The second kappa shape index (κ2) is 8.58. The molecule has 0 radical (unpaired) electrons. The summed E-state index contributed by atoms with van der Waals surface area (Å²) in [6, 6.07) is 7.55. The van der Waals surface area contributed by atoms with E-state index in [-0.39, 0.29) is 0 Å². The third-order valence-electron chi connectivity index (χ3n) is 4.88. The van der Waals surface area contributed by atoms with Gasteiger partial charge < -0.3 is 15.8 Å². The number of carbonyl (C=O) groups excluding carboxylic acids is 1. The molecule has 2 rings (SSSR count). The number of thioether (sulfide) groups is 1. The number of nitrogens with two attached hydrogens (primary N) is 1. The van der Waals surface area contributed by atoms with Gasteiger partial charge in [0.1, 0.15) is 5.60 Å². The fraction of sp³-hybridized carbons (Fsp3) is 0.526. The molecule has 2 atom stereocenters. The van der Waals surface area contributed by atoms with Gasteiger partial charge in [-0.1, -0.05) is 19.1 Å². The fourth-order valence-electron chi connectivity index (χ4n) is 3.66. The van der Waals surface area contributed by atoms with Crippen molar-refractivity contribution in [2.45, 2.75) is 31.8 Å². The average Bonchev–Trinajstić information content (AvgIpc) is 2.59. The van der Waals surface area contributed by atoms with E-state index in [4.69, 9.17) is 10.5 Å². The van der Waals surface area contributed by atoms with Crippen molar-refractivity contribution in [1.29, 1.82) is 0 Å². The first-order valence-corrected chi connectivity index (χ1v) is 9.83. The van der Waals surface area contributed by atoms with Crippen LogP contribution in [0, 0.1) is 5.92 Å². The van der Waals surface area contributed by atoms with Crippen LogP contribution in [0.2, 0.25) is 0 Å². The van der Waals surface area contributed by atoms with Crippen LogP contribution in [-0.4, -0.2) is 31.6 Å². The van der Waals surface area contributed by atoms with E-state index in [0.717, 1.165) is 37.1 Å². The molecule has 1 aliphatic rings. The highest BCUT2D eigenvalue weighted by atomic mass is 32.2. The van der Waals surface area contributed by atoms with Gasteiger partial charge in [0.25, 0.3) is 0 Å². The summed E-state index contributed by atoms with van der Waals surface area (Å²) in [5, 5.41) is 3.42. The molecule has 1 aliphatic carbocycles. The maximum atomic E-state index is 11.6. The van der Waals surface area contributed by atoms with Gasteiger partial charge in [0.15, 0.2) is 0 Å². The smallest absolute Gasteiger partial charge is 0.248 e. The van der Waals surface area contributed by atoms with E-state index < -0.39 is 11.5 Å². The number of benzene rings is 1. The molecular weight excluding hydrogens is 320 g/mol. The largest absolute Gasteiger partial charge is 0.390 e. The molecule has 132 valence electrons. The maximum absolute atomic E-state index is 11.6. The summed E-state index contributed by atoms with van der Waals surface area (Å²) in [5.41, 5.74) is 7.74. The number of rotatable bonds is 7. The Balaban J connectivity index is 2.43. The van der Waals surface area contributed by atoms with Crippen LogP contribution in [0.5, 0.6) is 0 Å². The molecule has 0 aromatic heterocycles. The van der Waals surface area contributed by atoms with E-state index >= 15 is 0 Å².